The number of halogens is 1. The van der Waals surface area contributed by atoms with E-state index in [2.05, 4.69) is 36.3 Å². The summed E-state index contributed by atoms with van der Waals surface area (Å²) in [5.41, 5.74) is 1.22. The molecule has 2 nitrogen and oxygen atoms in total. The van der Waals surface area contributed by atoms with E-state index in [1.165, 1.54) is 24.9 Å². The number of rotatable bonds is 4. The molecule has 1 aromatic carbocycles. The average Bonchev–Trinajstić information content (AvgIpc) is 2.81. The van der Waals surface area contributed by atoms with Crippen molar-refractivity contribution in [2.24, 2.45) is 0 Å². The van der Waals surface area contributed by atoms with Crippen LogP contribution in [0.3, 0.4) is 0 Å². The first-order valence-corrected chi connectivity index (χ1v) is 6.74. The van der Waals surface area contributed by atoms with E-state index < -0.39 is 0 Å². The molecule has 0 radical (unpaired) electrons. The molecule has 1 heterocycles. The first-order valence-electron chi connectivity index (χ1n) is 6.36. The Balaban J connectivity index is 1.98. The minimum atomic E-state index is 0.367. The lowest BCUT2D eigenvalue weighted by Crippen LogP contribution is -2.36. The summed E-state index contributed by atoms with van der Waals surface area (Å²) in [6, 6.07) is 9.13. The Morgan fingerprint density at radius 1 is 1.47 bits per heavy atom. The lowest BCUT2D eigenvalue weighted by Gasteiger charge is -2.28. The highest BCUT2D eigenvalue weighted by molar-refractivity contribution is 6.31. The second kappa shape index (κ2) is 5.85. The van der Waals surface area contributed by atoms with Crippen LogP contribution in [0.2, 0.25) is 5.02 Å². The zero-order valence-electron chi connectivity index (χ0n) is 10.6. The van der Waals surface area contributed by atoms with E-state index in [0.717, 1.165) is 11.6 Å². The fourth-order valence-corrected chi connectivity index (χ4v) is 2.76. The molecule has 0 amide bonds. The van der Waals surface area contributed by atoms with Crippen molar-refractivity contribution in [2.45, 2.75) is 31.8 Å². The largest absolute Gasteiger partial charge is 0.313 e. The van der Waals surface area contributed by atoms with Crippen LogP contribution in [0.4, 0.5) is 0 Å². The predicted octanol–water partition coefficient (Wildman–Crippen LogP) is 3.08. The maximum Gasteiger partial charge on any atom is 0.0453 e. The van der Waals surface area contributed by atoms with E-state index in [1.54, 1.807) is 0 Å². The quantitative estimate of drug-likeness (QED) is 0.886. The zero-order chi connectivity index (χ0) is 12.3. The van der Waals surface area contributed by atoms with Gasteiger partial charge in [-0.15, -0.1) is 0 Å². The summed E-state index contributed by atoms with van der Waals surface area (Å²) in [5, 5.41) is 4.40. The van der Waals surface area contributed by atoms with Crippen molar-refractivity contribution in [3.05, 3.63) is 34.9 Å². The van der Waals surface area contributed by atoms with Gasteiger partial charge in [0.05, 0.1) is 0 Å². The van der Waals surface area contributed by atoms with Crippen molar-refractivity contribution in [2.75, 3.05) is 20.1 Å². The maximum atomic E-state index is 6.24. The summed E-state index contributed by atoms with van der Waals surface area (Å²) in [4.78, 5) is 2.38. The molecule has 1 N–H and O–H groups in total. The number of benzene rings is 1. The van der Waals surface area contributed by atoms with Crippen molar-refractivity contribution < 1.29 is 0 Å². The maximum absolute atomic E-state index is 6.24. The average molecular weight is 253 g/mol. The number of nitrogens with one attached hydrogen (secondary N) is 1. The van der Waals surface area contributed by atoms with Crippen LogP contribution in [0.15, 0.2) is 24.3 Å². The normalized spacial score (nSPS) is 22.0. The highest BCUT2D eigenvalue weighted by Crippen LogP contribution is 2.26. The van der Waals surface area contributed by atoms with Crippen molar-refractivity contribution in [1.82, 2.24) is 10.2 Å². The van der Waals surface area contributed by atoms with Crippen LogP contribution in [0.1, 0.15) is 31.4 Å². The molecule has 1 aliphatic heterocycles. The van der Waals surface area contributed by atoms with Crippen molar-refractivity contribution in [3.63, 3.8) is 0 Å². The van der Waals surface area contributed by atoms with Gasteiger partial charge in [0.15, 0.2) is 0 Å². The summed E-state index contributed by atoms with van der Waals surface area (Å²) in [5.74, 6) is 0. The molecule has 0 aromatic heterocycles. The number of nitrogens with zero attached hydrogens (tertiary/aromatic N) is 1. The smallest absolute Gasteiger partial charge is 0.0453 e. The molecule has 94 valence electrons. The Morgan fingerprint density at radius 3 is 2.88 bits per heavy atom. The summed E-state index contributed by atoms with van der Waals surface area (Å²) >= 11 is 6.24. The fraction of sp³-hybridized carbons (Fsp3) is 0.571. The van der Waals surface area contributed by atoms with Gasteiger partial charge >= 0.3 is 0 Å². The molecular formula is C14H21ClN2. The second-order valence-electron chi connectivity index (χ2n) is 4.93. The topological polar surface area (TPSA) is 15.3 Å². The van der Waals surface area contributed by atoms with Gasteiger partial charge in [-0.05, 0) is 45.0 Å². The molecule has 0 spiro atoms. The molecule has 1 fully saturated rings. The first kappa shape index (κ1) is 12.9. The lowest BCUT2D eigenvalue weighted by atomic mass is 10.1. The molecule has 2 atom stereocenters. The van der Waals surface area contributed by atoms with Crippen molar-refractivity contribution in [1.29, 1.82) is 0 Å². The molecule has 1 aromatic rings. The highest BCUT2D eigenvalue weighted by atomic mass is 35.5. The molecule has 3 heteroatoms. The third-order valence-corrected chi connectivity index (χ3v) is 4.03. The molecule has 0 bridgehead atoms. The summed E-state index contributed by atoms with van der Waals surface area (Å²) < 4.78 is 0. The van der Waals surface area contributed by atoms with Crippen LogP contribution >= 0.6 is 11.6 Å². The Morgan fingerprint density at radius 2 is 2.24 bits per heavy atom. The van der Waals surface area contributed by atoms with Gasteiger partial charge in [-0.25, -0.2) is 0 Å². The third kappa shape index (κ3) is 3.21. The zero-order valence-corrected chi connectivity index (χ0v) is 11.4. The molecule has 0 aliphatic carbocycles. The Labute approximate surface area is 109 Å². The van der Waals surface area contributed by atoms with Gasteiger partial charge in [0.1, 0.15) is 0 Å². The molecule has 1 saturated heterocycles. The van der Waals surface area contributed by atoms with Gasteiger partial charge in [-0.2, -0.15) is 0 Å². The van der Waals surface area contributed by atoms with Crippen LogP contribution in [-0.2, 0) is 0 Å². The number of likely N-dealkylation sites (N-methyl/N-ethyl adjacent to an activating group) is 1. The Bertz CT molecular complexity index is 361. The van der Waals surface area contributed by atoms with Gasteiger partial charge < -0.3 is 5.32 Å². The number of hydrogen-bond donors (Lipinski definition) is 1. The van der Waals surface area contributed by atoms with Gasteiger partial charge in [-0.3, -0.25) is 4.90 Å². The summed E-state index contributed by atoms with van der Waals surface area (Å²) in [6.45, 7) is 4.47. The van der Waals surface area contributed by atoms with E-state index >= 15 is 0 Å². The van der Waals surface area contributed by atoms with Gasteiger partial charge in [0.25, 0.3) is 0 Å². The minimum Gasteiger partial charge on any atom is -0.313 e. The Hall–Kier alpha value is -0.570. The second-order valence-corrected chi connectivity index (χ2v) is 5.34. The first-order chi connectivity index (χ1) is 8.18. The monoisotopic (exact) mass is 252 g/mol. The van der Waals surface area contributed by atoms with Crippen LogP contribution in [0.5, 0.6) is 0 Å². The summed E-state index contributed by atoms with van der Waals surface area (Å²) in [7, 11) is 2.17. The molecular weight excluding hydrogens is 232 g/mol. The molecule has 2 rings (SSSR count). The molecule has 0 saturated carbocycles. The van der Waals surface area contributed by atoms with Gasteiger partial charge in [0.2, 0.25) is 0 Å². The number of hydrogen-bond acceptors (Lipinski definition) is 2. The minimum absolute atomic E-state index is 0.367. The fourth-order valence-electron chi connectivity index (χ4n) is 2.47. The summed E-state index contributed by atoms with van der Waals surface area (Å²) in [6.07, 6.45) is 2.60. The SMILES string of the molecule is CC(c1ccccc1Cl)N(C)C[C@H]1CCCN1. The van der Waals surface area contributed by atoms with E-state index in [-0.39, 0.29) is 0 Å². The van der Waals surface area contributed by atoms with Crippen molar-refractivity contribution >= 4 is 11.6 Å². The lowest BCUT2D eigenvalue weighted by molar-refractivity contribution is 0.238. The molecule has 1 aliphatic rings. The van der Waals surface area contributed by atoms with Crippen molar-refractivity contribution in [3.8, 4) is 0 Å². The standard InChI is InChI=1S/C14H21ClN2/c1-11(13-7-3-4-8-14(13)15)17(2)10-12-6-5-9-16-12/h3-4,7-8,11-12,16H,5-6,9-10H2,1-2H3/t11?,12-/m1/s1. The highest BCUT2D eigenvalue weighted by Gasteiger charge is 2.20. The van der Waals surface area contributed by atoms with Gasteiger partial charge in [-0.1, -0.05) is 29.8 Å². The van der Waals surface area contributed by atoms with Crippen LogP contribution in [0.25, 0.3) is 0 Å². The van der Waals surface area contributed by atoms with Crippen LogP contribution in [-0.4, -0.2) is 31.1 Å². The Kier molecular flexibility index (Phi) is 4.43. The van der Waals surface area contributed by atoms with E-state index in [0.29, 0.717) is 12.1 Å². The van der Waals surface area contributed by atoms with Gasteiger partial charge in [0, 0.05) is 23.7 Å². The molecule has 17 heavy (non-hydrogen) atoms. The van der Waals surface area contributed by atoms with E-state index in [4.69, 9.17) is 11.6 Å². The van der Waals surface area contributed by atoms with E-state index in [1.807, 2.05) is 12.1 Å². The van der Waals surface area contributed by atoms with E-state index in [9.17, 15) is 0 Å². The van der Waals surface area contributed by atoms with Crippen LogP contribution < -0.4 is 5.32 Å². The predicted molar refractivity (Wildman–Crippen MR) is 73.5 cm³/mol. The van der Waals surface area contributed by atoms with Crippen LogP contribution in [0, 0.1) is 0 Å². The molecule has 1 unspecified atom stereocenters. The third-order valence-electron chi connectivity index (χ3n) is 3.69.